The summed E-state index contributed by atoms with van der Waals surface area (Å²) in [6.45, 7) is 4.78. The molecule has 2 fully saturated rings. The van der Waals surface area contributed by atoms with E-state index in [1.807, 2.05) is 35.2 Å². The Hall–Kier alpha value is -2.67. The van der Waals surface area contributed by atoms with Crippen LogP contribution in [0.5, 0.6) is 0 Å². The normalized spacial score (nSPS) is 21.1. The van der Waals surface area contributed by atoms with Gasteiger partial charge in [-0.25, -0.2) is 4.98 Å². The van der Waals surface area contributed by atoms with E-state index in [1.165, 1.54) is 0 Å². The maximum atomic E-state index is 12.5. The molecule has 3 heterocycles. The first-order valence-corrected chi connectivity index (χ1v) is 9.45. The number of likely N-dealkylation sites (tertiary alicyclic amines) is 1. The zero-order valence-corrected chi connectivity index (χ0v) is 15.6. The predicted molar refractivity (Wildman–Crippen MR) is 104 cm³/mol. The molecule has 27 heavy (non-hydrogen) atoms. The summed E-state index contributed by atoms with van der Waals surface area (Å²) >= 11 is 0. The molecule has 0 spiro atoms. The van der Waals surface area contributed by atoms with Crippen LogP contribution in [0.2, 0.25) is 0 Å². The van der Waals surface area contributed by atoms with E-state index in [0.717, 1.165) is 37.4 Å². The van der Waals surface area contributed by atoms with E-state index in [9.17, 15) is 9.59 Å². The molecule has 0 saturated carbocycles. The van der Waals surface area contributed by atoms with Crippen LogP contribution in [0.4, 0.5) is 5.95 Å². The fourth-order valence-corrected chi connectivity index (χ4v) is 3.77. The summed E-state index contributed by atoms with van der Waals surface area (Å²) < 4.78 is 0. The summed E-state index contributed by atoms with van der Waals surface area (Å²) in [7, 11) is 2.09. The van der Waals surface area contributed by atoms with E-state index in [4.69, 9.17) is 4.98 Å². The number of nitrogens with zero attached hydrogens (tertiary/aromatic N) is 4. The third-order valence-electron chi connectivity index (χ3n) is 5.40. The van der Waals surface area contributed by atoms with Gasteiger partial charge in [0.15, 0.2) is 0 Å². The predicted octanol–water partition coefficient (Wildman–Crippen LogP) is 1.04. The fourth-order valence-electron chi connectivity index (χ4n) is 3.77. The molecule has 142 valence electrons. The lowest BCUT2D eigenvalue weighted by Crippen LogP contribution is -2.45. The monoisotopic (exact) mass is 367 g/mol. The fraction of sp³-hybridized carbons (Fsp3) is 0.450. The Kier molecular flexibility index (Phi) is 4.94. The van der Waals surface area contributed by atoms with Gasteiger partial charge in [-0.1, -0.05) is 30.3 Å². The minimum Gasteiger partial charge on any atom is -0.340 e. The van der Waals surface area contributed by atoms with E-state index in [0.29, 0.717) is 25.5 Å². The lowest BCUT2D eigenvalue weighted by Gasteiger charge is -2.32. The Morgan fingerprint density at radius 1 is 1.11 bits per heavy atom. The molecule has 7 heteroatoms. The number of piperazine rings is 1. The number of hydrogen-bond acceptors (Lipinski definition) is 5. The lowest BCUT2D eigenvalue weighted by atomic mass is 10.0. The van der Waals surface area contributed by atoms with Crippen LogP contribution in [0.1, 0.15) is 23.6 Å². The van der Waals surface area contributed by atoms with Crippen LogP contribution in [0.15, 0.2) is 41.2 Å². The van der Waals surface area contributed by atoms with Crippen molar-refractivity contribution in [3.63, 3.8) is 0 Å². The second-order valence-corrected chi connectivity index (χ2v) is 7.45. The minimum absolute atomic E-state index is 0.0327. The number of H-pyrrole nitrogens is 1. The van der Waals surface area contributed by atoms with Crippen LogP contribution in [0.25, 0.3) is 0 Å². The van der Waals surface area contributed by atoms with Crippen LogP contribution < -0.4 is 10.5 Å². The molecule has 2 aromatic rings. The Morgan fingerprint density at radius 3 is 2.59 bits per heavy atom. The van der Waals surface area contributed by atoms with Gasteiger partial charge in [0.25, 0.3) is 5.56 Å². The quantitative estimate of drug-likeness (QED) is 0.874. The number of aromatic amines is 1. The molecule has 0 unspecified atom stereocenters. The highest BCUT2D eigenvalue weighted by Gasteiger charge is 2.32. The van der Waals surface area contributed by atoms with Crippen LogP contribution in [0, 0.1) is 0 Å². The smallest absolute Gasteiger partial charge is 0.252 e. The maximum Gasteiger partial charge on any atom is 0.252 e. The Balaban J connectivity index is 1.50. The van der Waals surface area contributed by atoms with Crippen molar-refractivity contribution in [2.45, 2.75) is 18.9 Å². The molecule has 1 aromatic carbocycles. The van der Waals surface area contributed by atoms with Gasteiger partial charge in [0.05, 0.1) is 5.69 Å². The molecule has 0 bridgehead atoms. The number of anilines is 1. The highest BCUT2D eigenvalue weighted by molar-refractivity contribution is 5.79. The zero-order chi connectivity index (χ0) is 18.8. The number of hydrogen-bond donors (Lipinski definition) is 1. The van der Waals surface area contributed by atoms with Crippen LogP contribution in [-0.4, -0.2) is 65.4 Å². The summed E-state index contributed by atoms with van der Waals surface area (Å²) in [6.07, 6.45) is 0.408. The first-order chi connectivity index (χ1) is 13.1. The second kappa shape index (κ2) is 7.52. The number of carbonyl (C=O) groups excluding carboxylic acids is 1. The van der Waals surface area contributed by atoms with Crippen molar-refractivity contribution >= 4 is 11.9 Å². The number of nitrogens with one attached hydrogen (secondary N) is 1. The van der Waals surface area contributed by atoms with Gasteiger partial charge >= 0.3 is 0 Å². The average Bonchev–Trinajstić information content (AvgIpc) is 3.03. The number of carbonyl (C=O) groups is 1. The van der Waals surface area contributed by atoms with Gasteiger partial charge in [0.1, 0.15) is 0 Å². The third kappa shape index (κ3) is 4.03. The van der Waals surface area contributed by atoms with Gasteiger partial charge in [0, 0.05) is 57.7 Å². The zero-order valence-electron chi connectivity index (χ0n) is 15.6. The van der Waals surface area contributed by atoms with Crippen molar-refractivity contribution < 1.29 is 4.79 Å². The summed E-state index contributed by atoms with van der Waals surface area (Å²) in [4.78, 5) is 38.5. The summed E-state index contributed by atoms with van der Waals surface area (Å²) in [5.41, 5.74) is 1.68. The molecule has 2 saturated heterocycles. The molecule has 1 amide bonds. The van der Waals surface area contributed by atoms with E-state index in [2.05, 4.69) is 21.8 Å². The van der Waals surface area contributed by atoms with Crippen molar-refractivity contribution in [2.24, 2.45) is 0 Å². The lowest BCUT2D eigenvalue weighted by molar-refractivity contribution is -0.128. The van der Waals surface area contributed by atoms with Gasteiger partial charge in [-0.2, -0.15) is 0 Å². The minimum atomic E-state index is -0.150. The summed E-state index contributed by atoms with van der Waals surface area (Å²) in [5.74, 6) is 0.710. The van der Waals surface area contributed by atoms with Gasteiger partial charge in [-0.05, 0) is 12.6 Å². The molecule has 2 aliphatic heterocycles. The molecule has 1 N–H and O–H groups in total. The number of likely N-dealkylation sites (N-methyl/N-ethyl adjacent to an activating group) is 1. The number of rotatable bonds is 4. The van der Waals surface area contributed by atoms with Gasteiger partial charge in [-0.3, -0.25) is 14.6 Å². The van der Waals surface area contributed by atoms with Crippen LogP contribution >= 0.6 is 0 Å². The molecular formula is C20H25N5O2. The largest absolute Gasteiger partial charge is 0.340 e. The van der Waals surface area contributed by atoms with E-state index in [-0.39, 0.29) is 17.4 Å². The standard InChI is InChI=1S/C20H25N5O2/c1-23-7-9-24(10-8-23)20-21-17(12-18(26)22-20)16-11-19(27)25(14-16)13-15-5-3-2-4-6-15/h2-6,12,16H,7-11,13-14H2,1H3,(H,21,22,26)/t16-/m1/s1. The highest BCUT2D eigenvalue weighted by Crippen LogP contribution is 2.28. The molecule has 0 aliphatic carbocycles. The summed E-state index contributed by atoms with van der Waals surface area (Å²) in [6, 6.07) is 11.5. The molecule has 2 aliphatic rings. The Morgan fingerprint density at radius 2 is 1.85 bits per heavy atom. The number of benzene rings is 1. The SMILES string of the molecule is CN1CCN(c2nc([C@@H]3CC(=O)N(Cc4ccccc4)C3)cc(=O)[nH]2)CC1. The Bertz CT molecular complexity index is 858. The van der Waals surface area contributed by atoms with Gasteiger partial charge in [-0.15, -0.1) is 0 Å². The molecule has 1 atom stereocenters. The molecule has 1 aromatic heterocycles. The van der Waals surface area contributed by atoms with Crippen molar-refractivity contribution in [1.82, 2.24) is 19.8 Å². The third-order valence-corrected chi connectivity index (χ3v) is 5.40. The maximum absolute atomic E-state index is 12.5. The average molecular weight is 367 g/mol. The van der Waals surface area contributed by atoms with Gasteiger partial charge < -0.3 is 14.7 Å². The first-order valence-electron chi connectivity index (χ1n) is 9.45. The molecular weight excluding hydrogens is 342 g/mol. The van der Waals surface area contributed by atoms with Crippen LogP contribution in [0.3, 0.4) is 0 Å². The second-order valence-electron chi connectivity index (χ2n) is 7.45. The first kappa shape index (κ1) is 17.7. The van der Waals surface area contributed by atoms with Crippen molar-refractivity contribution in [3.05, 3.63) is 58.0 Å². The molecule has 4 rings (SSSR count). The number of amides is 1. The van der Waals surface area contributed by atoms with Gasteiger partial charge in [0.2, 0.25) is 11.9 Å². The Labute approximate surface area is 158 Å². The highest BCUT2D eigenvalue weighted by atomic mass is 16.2. The number of aromatic nitrogens is 2. The van der Waals surface area contributed by atoms with E-state index < -0.39 is 0 Å². The van der Waals surface area contributed by atoms with E-state index >= 15 is 0 Å². The van der Waals surface area contributed by atoms with Crippen LogP contribution in [-0.2, 0) is 11.3 Å². The topological polar surface area (TPSA) is 72.5 Å². The van der Waals surface area contributed by atoms with E-state index in [1.54, 1.807) is 6.07 Å². The molecule has 0 radical (unpaired) electrons. The molecule has 7 nitrogen and oxygen atoms in total. The van der Waals surface area contributed by atoms with Crippen molar-refractivity contribution in [1.29, 1.82) is 0 Å². The summed E-state index contributed by atoms with van der Waals surface area (Å²) in [5, 5.41) is 0. The van der Waals surface area contributed by atoms with Crippen molar-refractivity contribution in [2.75, 3.05) is 44.7 Å². The van der Waals surface area contributed by atoms with Crippen molar-refractivity contribution in [3.8, 4) is 0 Å².